The molecule has 0 radical (unpaired) electrons. The van der Waals surface area contributed by atoms with Crippen molar-refractivity contribution < 1.29 is 0 Å². The SMILES string of the molecule is CC(C)CN(c1n[nH]c(=S)n1C1CCCC1)C1CCCC1. The largest absolute Gasteiger partial charge is 0.338 e. The Labute approximate surface area is 132 Å². The molecule has 0 aliphatic heterocycles. The van der Waals surface area contributed by atoms with E-state index in [1.54, 1.807) is 0 Å². The Bertz CT molecular complexity index is 507. The highest BCUT2D eigenvalue weighted by Gasteiger charge is 2.29. The minimum atomic E-state index is 0.558. The first kappa shape index (κ1) is 15.1. The number of nitrogens with one attached hydrogen (secondary N) is 1. The van der Waals surface area contributed by atoms with Gasteiger partial charge in [-0.2, -0.15) is 0 Å². The van der Waals surface area contributed by atoms with Crippen molar-refractivity contribution in [1.82, 2.24) is 14.8 Å². The fourth-order valence-corrected chi connectivity index (χ4v) is 4.27. The van der Waals surface area contributed by atoms with Crippen molar-refractivity contribution >= 4 is 18.2 Å². The van der Waals surface area contributed by atoms with Gasteiger partial charge in [-0.1, -0.05) is 39.5 Å². The summed E-state index contributed by atoms with van der Waals surface area (Å²) < 4.78 is 3.13. The topological polar surface area (TPSA) is 36.9 Å². The molecule has 0 amide bonds. The van der Waals surface area contributed by atoms with Crippen LogP contribution < -0.4 is 4.90 Å². The molecule has 0 bridgehead atoms. The number of nitrogens with zero attached hydrogens (tertiary/aromatic N) is 3. The van der Waals surface area contributed by atoms with Crippen molar-refractivity contribution in [3.05, 3.63) is 4.77 Å². The van der Waals surface area contributed by atoms with E-state index in [2.05, 4.69) is 33.5 Å². The highest BCUT2D eigenvalue weighted by Crippen LogP contribution is 2.35. The lowest BCUT2D eigenvalue weighted by Crippen LogP contribution is -2.38. The summed E-state index contributed by atoms with van der Waals surface area (Å²) in [6.07, 6.45) is 10.5. The number of hydrogen-bond donors (Lipinski definition) is 1. The third-order valence-electron chi connectivity index (χ3n) is 4.96. The summed E-state index contributed by atoms with van der Waals surface area (Å²) in [5, 5.41) is 7.70. The van der Waals surface area contributed by atoms with E-state index < -0.39 is 0 Å². The molecular weight excluding hydrogens is 280 g/mol. The van der Waals surface area contributed by atoms with E-state index >= 15 is 0 Å². The van der Waals surface area contributed by atoms with E-state index in [9.17, 15) is 0 Å². The second-order valence-corrected chi connectivity index (χ2v) is 7.51. The van der Waals surface area contributed by atoms with Crippen LogP contribution in [0.5, 0.6) is 0 Å². The van der Waals surface area contributed by atoms with Crippen LogP contribution in [0.2, 0.25) is 0 Å². The monoisotopic (exact) mass is 308 g/mol. The van der Waals surface area contributed by atoms with Crippen LogP contribution in [0, 0.1) is 10.7 Å². The molecule has 3 rings (SSSR count). The van der Waals surface area contributed by atoms with Crippen molar-refractivity contribution in [3.8, 4) is 0 Å². The van der Waals surface area contributed by atoms with Crippen LogP contribution in [-0.4, -0.2) is 27.4 Å². The highest BCUT2D eigenvalue weighted by molar-refractivity contribution is 7.71. The number of H-pyrrole nitrogens is 1. The van der Waals surface area contributed by atoms with Gasteiger partial charge in [-0.3, -0.25) is 4.57 Å². The predicted molar refractivity (Wildman–Crippen MR) is 89.4 cm³/mol. The Balaban J connectivity index is 1.92. The Kier molecular flexibility index (Phi) is 4.67. The number of anilines is 1. The molecule has 2 aliphatic rings. The first-order valence-corrected chi connectivity index (χ1v) is 9.01. The third-order valence-corrected chi connectivity index (χ3v) is 5.25. The molecule has 1 aromatic heterocycles. The van der Waals surface area contributed by atoms with E-state index in [4.69, 9.17) is 12.2 Å². The van der Waals surface area contributed by atoms with E-state index in [1.807, 2.05) is 0 Å². The lowest BCUT2D eigenvalue weighted by Gasteiger charge is -2.32. The van der Waals surface area contributed by atoms with Crippen molar-refractivity contribution in [2.75, 3.05) is 11.4 Å². The van der Waals surface area contributed by atoms with Crippen molar-refractivity contribution in [2.24, 2.45) is 5.92 Å². The predicted octanol–water partition coefficient (Wildman–Crippen LogP) is 4.46. The molecule has 0 aromatic carbocycles. The molecule has 21 heavy (non-hydrogen) atoms. The summed E-state index contributed by atoms with van der Waals surface area (Å²) in [6.45, 7) is 5.67. The highest BCUT2D eigenvalue weighted by atomic mass is 32.1. The fourth-order valence-electron chi connectivity index (χ4n) is 3.99. The van der Waals surface area contributed by atoms with Crippen LogP contribution in [-0.2, 0) is 0 Å². The quantitative estimate of drug-likeness (QED) is 0.816. The number of rotatable bonds is 5. The molecular formula is C16H28N4S. The van der Waals surface area contributed by atoms with E-state index in [0.717, 1.165) is 17.3 Å². The van der Waals surface area contributed by atoms with Crippen LogP contribution in [0.4, 0.5) is 5.95 Å². The molecule has 0 spiro atoms. The summed E-state index contributed by atoms with van der Waals surface area (Å²) in [6, 6.07) is 1.21. The molecule has 5 heteroatoms. The summed E-state index contributed by atoms with van der Waals surface area (Å²) >= 11 is 5.54. The maximum atomic E-state index is 5.54. The maximum absolute atomic E-state index is 5.54. The van der Waals surface area contributed by atoms with Crippen LogP contribution in [0.1, 0.15) is 71.3 Å². The summed E-state index contributed by atoms with van der Waals surface area (Å²) in [4.78, 5) is 2.54. The van der Waals surface area contributed by atoms with Crippen molar-refractivity contribution in [2.45, 2.75) is 77.3 Å². The van der Waals surface area contributed by atoms with Gasteiger partial charge < -0.3 is 4.90 Å². The molecule has 2 saturated carbocycles. The van der Waals surface area contributed by atoms with Crippen molar-refractivity contribution in [3.63, 3.8) is 0 Å². The number of aromatic amines is 1. The second kappa shape index (κ2) is 6.51. The molecule has 1 aromatic rings. The Hall–Kier alpha value is -0.840. The molecule has 118 valence electrons. The van der Waals surface area contributed by atoms with Gasteiger partial charge in [0.05, 0.1) is 0 Å². The molecule has 2 fully saturated rings. The first-order valence-electron chi connectivity index (χ1n) is 8.60. The number of aromatic nitrogens is 3. The third kappa shape index (κ3) is 3.17. The Morgan fingerprint density at radius 1 is 1.19 bits per heavy atom. The zero-order valence-corrected chi connectivity index (χ0v) is 14.2. The van der Waals surface area contributed by atoms with Gasteiger partial charge in [0.1, 0.15) is 0 Å². The normalized spacial score (nSPS) is 20.7. The van der Waals surface area contributed by atoms with Crippen molar-refractivity contribution in [1.29, 1.82) is 0 Å². The van der Waals surface area contributed by atoms with Gasteiger partial charge >= 0.3 is 0 Å². The second-order valence-electron chi connectivity index (χ2n) is 7.12. The van der Waals surface area contributed by atoms with Gasteiger partial charge in [-0.05, 0) is 43.8 Å². The molecule has 1 N–H and O–H groups in total. The molecule has 4 nitrogen and oxygen atoms in total. The van der Waals surface area contributed by atoms with Gasteiger partial charge in [0.25, 0.3) is 0 Å². The maximum Gasteiger partial charge on any atom is 0.226 e. The number of hydrogen-bond acceptors (Lipinski definition) is 3. The lowest BCUT2D eigenvalue weighted by molar-refractivity contribution is 0.473. The van der Waals surface area contributed by atoms with Crippen LogP contribution >= 0.6 is 12.2 Å². The Morgan fingerprint density at radius 3 is 2.43 bits per heavy atom. The summed E-state index contributed by atoms with van der Waals surface area (Å²) in [5.41, 5.74) is 0. The molecule has 1 heterocycles. The molecule has 0 unspecified atom stereocenters. The standard InChI is InChI=1S/C16H28N4S/c1-12(2)11-19(13-7-3-4-8-13)15-17-18-16(21)20(15)14-9-5-6-10-14/h12-14H,3-11H2,1-2H3,(H,18,21). The summed E-state index contributed by atoms with van der Waals surface area (Å²) in [7, 11) is 0. The molecule has 0 saturated heterocycles. The zero-order valence-electron chi connectivity index (χ0n) is 13.3. The fraction of sp³-hybridized carbons (Fsp3) is 0.875. The summed E-state index contributed by atoms with van der Waals surface area (Å²) in [5.74, 6) is 1.75. The minimum absolute atomic E-state index is 0.558. The van der Waals surface area contributed by atoms with E-state index in [1.165, 1.54) is 51.4 Å². The zero-order chi connectivity index (χ0) is 14.8. The minimum Gasteiger partial charge on any atom is -0.338 e. The van der Waals surface area contributed by atoms with Gasteiger partial charge in [0, 0.05) is 18.6 Å². The van der Waals surface area contributed by atoms with Gasteiger partial charge in [-0.25, -0.2) is 5.10 Å². The molecule has 0 atom stereocenters. The van der Waals surface area contributed by atoms with Gasteiger partial charge in [-0.15, -0.1) is 5.10 Å². The van der Waals surface area contributed by atoms with Crippen LogP contribution in [0.3, 0.4) is 0 Å². The lowest BCUT2D eigenvalue weighted by atomic mass is 10.1. The van der Waals surface area contributed by atoms with E-state index in [-0.39, 0.29) is 0 Å². The van der Waals surface area contributed by atoms with Crippen LogP contribution in [0.15, 0.2) is 0 Å². The smallest absolute Gasteiger partial charge is 0.226 e. The molecule has 2 aliphatic carbocycles. The first-order chi connectivity index (χ1) is 10.2. The van der Waals surface area contributed by atoms with Gasteiger partial charge in [0.2, 0.25) is 5.95 Å². The average Bonchev–Trinajstić information content (AvgIpc) is 3.17. The van der Waals surface area contributed by atoms with Crippen LogP contribution in [0.25, 0.3) is 0 Å². The van der Waals surface area contributed by atoms with E-state index in [0.29, 0.717) is 18.0 Å². The Morgan fingerprint density at radius 2 is 1.81 bits per heavy atom. The average molecular weight is 308 g/mol. The van der Waals surface area contributed by atoms with Gasteiger partial charge in [0.15, 0.2) is 4.77 Å².